The smallest absolute Gasteiger partial charge is 0.267 e. The van der Waals surface area contributed by atoms with Crippen molar-refractivity contribution in [3.05, 3.63) is 87.7 Å². The van der Waals surface area contributed by atoms with Gasteiger partial charge in [0.15, 0.2) is 0 Å². The molecule has 3 aromatic rings. The second-order valence-corrected chi connectivity index (χ2v) is 5.50. The summed E-state index contributed by atoms with van der Waals surface area (Å²) in [7, 11) is 0. The molecule has 0 N–H and O–H groups in total. The van der Waals surface area contributed by atoms with Gasteiger partial charge in [0, 0.05) is 11.6 Å². The molecule has 0 aliphatic rings. The molecule has 0 aliphatic carbocycles. The number of rotatable bonds is 3. The SMILES string of the molecule is Cc1ccc(-c2ccc(=O)n(Cc3ccccc3)n2)cc1C. The Kier molecular flexibility index (Phi) is 3.88. The van der Waals surface area contributed by atoms with E-state index in [1.807, 2.05) is 36.4 Å². The van der Waals surface area contributed by atoms with Crippen molar-refractivity contribution in [1.82, 2.24) is 9.78 Å². The molecule has 3 nitrogen and oxygen atoms in total. The molecule has 3 heteroatoms. The van der Waals surface area contributed by atoms with Crippen LogP contribution in [0.5, 0.6) is 0 Å². The third-order valence-corrected chi connectivity index (χ3v) is 3.84. The van der Waals surface area contributed by atoms with E-state index < -0.39 is 0 Å². The van der Waals surface area contributed by atoms with Crippen molar-refractivity contribution in [2.45, 2.75) is 20.4 Å². The molecule has 0 fully saturated rings. The van der Waals surface area contributed by atoms with Gasteiger partial charge in [-0.1, -0.05) is 42.5 Å². The average molecular weight is 290 g/mol. The Hall–Kier alpha value is -2.68. The Labute approximate surface area is 129 Å². The van der Waals surface area contributed by atoms with Crippen LogP contribution in [0, 0.1) is 13.8 Å². The van der Waals surface area contributed by atoms with Crippen molar-refractivity contribution >= 4 is 0 Å². The van der Waals surface area contributed by atoms with Crippen LogP contribution in [-0.4, -0.2) is 9.78 Å². The second-order valence-electron chi connectivity index (χ2n) is 5.50. The predicted molar refractivity (Wildman–Crippen MR) is 89.0 cm³/mol. The zero-order valence-electron chi connectivity index (χ0n) is 12.8. The summed E-state index contributed by atoms with van der Waals surface area (Å²) in [6, 6.07) is 19.5. The number of hydrogen-bond donors (Lipinski definition) is 0. The van der Waals surface area contributed by atoms with Crippen LogP contribution in [-0.2, 0) is 6.54 Å². The lowest BCUT2D eigenvalue weighted by Crippen LogP contribution is -2.22. The summed E-state index contributed by atoms with van der Waals surface area (Å²) in [5, 5.41) is 4.51. The Morgan fingerprint density at radius 1 is 0.909 bits per heavy atom. The fraction of sp³-hybridized carbons (Fsp3) is 0.158. The molecule has 0 aliphatic heterocycles. The minimum Gasteiger partial charge on any atom is -0.268 e. The van der Waals surface area contributed by atoms with Crippen LogP contribution in [0.4, 0.5) is 0 Å². The molecule has 1 aromatic heterocycles. The fourth-order valence-corrected chi connectivity index (χ4v) is 2.37. The van der Waals surface area contributed by atoms with E-state index in [0.717, 1.165) is 16.8 Å². The van der Waals surface area contributed by atoms with Gasteiger partial charge in [-0.3, -0.25) is 4.79 Å². The van der Waals surface area contributed by atoms with Gasteiger partial charge in [0.25, 0.3) is 5.56 Å². The van der Waals surface area contributed by atoms with Gasteiger partial charge in [-0.2, -0.15) is 5.10 Å². The number of nitrogens with zero attached hydrogens (tertiary/aromatic N) is 2. The van der Waals surface area contributed by atoms with Gasteiger partial charge in [-0.15, -0.1) is 0 Å². The monoisotopic (exact) mass is 290 g/mol. The van der Waals surface area contributed by atoms with E-state index in [4.69, 9.17) is 0 Å². The maximum absolute atomic E-state index is 12.0. The topological polar surface area (TPSA) is 34.9 Å². The molecular formula is C19H18N2O. The first-order valence-corrected chi connectivity index (χ1v) is 7.33. The largest absolute Gasteiger partial charge is 0.268 e. The van der Waals surface area contributed by atoms with Crippen molar-refractivity contribution in [3.8, 4) is 11.3 Å². The fourth-order valence-electron chi connectivity index (χ4n) is 2.37. The van der Waals surface area contributed by atoms with Crippen LogP contribution in [0.1, 0.15) is 16.7 Å². The summed E-state index contributed by atoms with van der Waals surface area (Å²) >= 11 is 0. The number of aryl methyl sites for hydroxylation is 2. The summed E-state index contributed by atoms with van der Waals surface area (Å²) in [4.78, 5) is 12.0. The van der Waals surface area contributed by atoms with Crippen molar-refractivity contribution in [2.75, 3.05) is 0 Å². The first kappa shape index (κ1) is 14.3. The Morgan fingerprint density at radius 2 is 1.68 bits per heavy atom. The zero-order chi connectivity index (χ0) is 15.5. The summed E-state index contributed by atoms with van der Waals surface area (Å²) in [6.45, 7) is 4.65. The molecule has 3 rings (SSSR count). The molecule has 1 heterocycles. The molecule has 0 spiro atoms. The van der Waals surface area contributed by atoms with E-state index in [9.17, 15) is 4.79 Å². The lowest BCUT2D eigenvalue weighted by molar-refractivity contribution is 0.643. The van der Waals surface area contributed by atoms with Gasteiger partial charge in [0.1, 0.15) is 0 Å². The van der Waals surface area contributed by atoms with Crippen LogP contribution < -0.4 is 5.56 Å². The molecule has 0 radical (unpaired) electrons. The standard InChI is InChI=1S/C19H18N2O/c1-14-8-9-17(12-15(14)2)18-10-11-19(22)21(20-18)13-16-6-4-3-5-7-16/h3-12H,13H2,1-2H3. The lowest BCUT2D eigenvalue weighted by atomic mass is 10.0. The zero-order valence-corrected chi connectivity index (χ0v) is 12.8. The lowest BCUT2D eigenvalue weighted by Gasteiger charge is -2.09. The normalized spacial score (nSPS) is 10.6. The maximum atomic E-state index is 12.0. The minimum absolute atomic E-state index is 0.0866. The molecule has 0 amide bonds. The third-order valence-electron chi connectivity index (χ3n) is 3.84. The van der Waals surface area contributed by atoms with E-state index in [1.165, 1.54) is 15.8 Å². The van der Waals surface area contributed by atoms with E-state index in [0.29, 0.717) is 6.54 Å². The van der Waals surface area contributed by atoms with Gasteiger partial charge >= 0.3 is 0 Å². The van der Waals surface area contributed by atoms with E-state index in [1.54, 1.807) is 12.1 Å². The van der Waals surface area contributed by atoms with Crippen molar-refractivity contribution in [1.29, 1.82) is 0 Å². The number of benzene rings is 2. The molecule has 0 saturated heterocycles. The Balaban J connectivity index is 1.99. The quantitative estimate of drug-likeness (QED) is 0.739. The highest BCUT2D eigenvalue weighted by Gasteiger charge is 2.05. The highest BCUT2D eigenvalue weighted by Crippen LogP contribution is 2.19. The highest BCUT2D eigenvalue weighted by atomic mass is 16.1. The van der Waals surface area contributed by atoms with Crippen LogP contribution >= 0.6 is 0 Å². The molecular weight excluding hydrogens is 272 g/mol. The molecule has 0 unspecified atom stereocenters. The van der Waals surface area contributed by atoms with E-state index in [-0.39, 0.29) is 5.56 Å². The Morgan fingerprint density at radius 3 is 2.41 bits per heavy atom. The van der Waals surface area contributed by atoms with Crippen LogP contribution in [0.15, 0.2) is 65.5 Å². The summed E-state index contributed by atoms with van der Waals surface area (Å²) in [5.74, 6) is 0. The van der Waals surface area contributed by atoms with Crippen LogP contribution in [0.25, 0.3) is 11.3 Å². The van der Waals surface area contributed by atoms with Gasteiger partial charge in [-0.05, 0) is 42.7 Å². The van der Waals surface area contributed by atoms with Gasteiger partial charge < -0.3 is 0 Å². The van der Waals surface area contributed by atoms with E-state index in [2.05, 4.69) is 31.1 Å². The summed E-state index contributed by atoms with van der Waals surface area (Å²) < 4.78 is 1.51. The van der Waals surface area contributed by atoms with Crippen LogP contribution in [0.3, 0.4) is 0 Å². The molecule has 2 aromatic carbocycles. The maximum Gasteiger partial charge on any atom is 0.267 e. The molecule has 110 valence electrons. The van der Waals surface area contributed by atoms with Gasteiger partial charge in [-0.25, -0.2) is 4.68 Å². The first-order chi connectivity index (χ1) is 10.6. The number of hydrogen-bond acceptors (Lipinski definition) is 2. The summed E-state index contributed by atoms with van der Waals surface area (Å²) in [5.41, 5.74) is 5.30. The minimum atomic E-state index is -0.0866. The van der Waals surface area contributed by atoms with Crippen molar-refractivity contribution < 1.29 is 0 Å². The average Bonchev–Trinajstić information content (AvgIpc) is 2.53. The van der Waals surface area contributed by atoms with Crippen molar-refractivity contribution in [3.63, 3.8) is 0 Å². The highest BCUT2D eigenvalue weighted by molar-refractivity contribution is 5.60. The molecule has 0 saturated carbocycles. The van der Waals surface area contributed by atoms with Gasteiger partial charge in [0.05, 0.1) is 12.2 Å². The Bertz CT molecular complexity index is 851. The molecule has 22 heavy (non-hydrogen) atoms. The third kappa shape index (κ3) is 2.98. The van der Waals surface area contributed by atoms with Crippen LogP contribution in [0.2, 0.25) is 0 Å². The molecule has 0 atom stereocenters. The molecule has 0 bridgehead atoms. The van der Waals surface area contributed by atoms with Crippen molar-refractivity contribution in [2.24, 2.45) is 0 Å². The number of aromatic nitrogens is 2. The van der Waals surface area contributed by atoms with Gasteiger partial charge in [0.2, 0.25) is 0 Å². The predicted octanol–water partition coefficient (Wildman–Crippen LogP) is 3.58. The first-order valence-electron chi connectivity index (χ1n) is 7.33. The van der Waals surface area contributed by atoms with E-state index >= 15 is 0 Å². The second kappa shape index (κ2) is 5.98. The summed E-state index contributed by atoms with van der Waals surface area (Å²) in [6.07, 6.45) is 0.